The van der Waals surface area contributed by atoms with Crippen LogP contribution in [0.1, 0.15) is 67.2 Å². The van der Waals surface area contributed by atoms with E-state index < -0.39 is 0 Å². The summed E-state index contributed by atoms with van der Waals surface area (Å²) in [6.45, 7) is 3.26. The van der Waals surface area contributed by atoms with Gasteiger partial charge in [0.15, 0.2) is 0 Å². The average molecular weight is 387 g/mol. The molecule has 1 aliphatic heterocycles. The maximum absolute atomic E-state index is 11.7. The topological polar surface area (TPSA) is 71.2 Å². The number of carbonyl (C=O) groups excluding carboxylic acids is 1. The van der Waals surface area contributed by atoms with Crippen LogP contribution in [0.3, 0.4) is 0 Å². The summed E-state index contributed by atoms with van der Waals surface area (Å²) in [4.78, 5) is 20.3. The van der Waals surface area contributed by atoms with Crippen LogP contribution in [0, 0.1) is 0 Å². The molecule has 1 saturated carbocycles. The molecule has 142 valence electrons. The Bertz CT molecular complexity index is 533. The van der Waals surface area contributed by atoms with Gasteiger partial charge in [0.2, 0.25) is 5.91 Å². The Morgan fingerprint density at radius 2 is 2.04 bits per heavy atom. The summed E-state index contributed by atoms with van der Waals surface area (Å²) in [5, 5.41) is 4.39. The molecule has 1 atom stereocenters. The van der Waals surface area contributed by atoms with E-state index in [1.54, 1.807) is 0 Å². The van der Waals surface area contributed by atoms with Crippen molar-refractivity contribution in [3.05, 3.63) is 16.1 Å². The highest BCUT2D eigenvalue weighted by Crippen LogP contribution is 2.36. The highest BCUT2D eigenvalue weighted by atomic mass is 35.5. The van der Waals surface area contributed by atoms with Crippen molar-refractivity contribution in [2.75, 3.05) is 19.6 Å². The zero-order valence-electron chi connectivity index (χ0n) is 14.9. The molecule has 1 amide bonds. The van der Waals surface area contributed by atoms with Crippen LogP contribution in [-0.2, 0) is 11.3 Å². The van der Waals surface area contributed by atoms with E-state index in [1.165, 1.54) is 48.4 Å². The molecule has 1 unspecified atom stereocenters. The number of thiazole rings is 1. The highest BCUT2D eigenvalue weighted by molar-refractivity contribution is 7.11. The minimum atomic E-state index is 0. The van der Waals surface area contributed by atoms with E-state index in [1.807, 2.05) is 11.3 Å². The number of halogens is 1. The van der Waals surface area contributed by atoms with E-state index in [0.29, 0.717) is 24.9 Å². The number of carbonyl (C=O) groups is 1. The quantitative estimate of drug-likeness (QED) is 0.755. The molecule has 5 nitrogen and oxygen atoms in total. The molecule has 1 aromatic rings. The monoisotopic (exact) mass is 386 g/mol. The molecule has 25 heavy (non-hydrogen) atoms. The third-order valence-electron chi connectivity index (χ3n) is 5.29. The van der Waals surface area contributed by atoms with Gasteiger partial charge in [-0.2, -0.15) is 0 Å². The summed E-state index contributed by atoms with van der Waals surface area (Å²) in [6.07, 6.45) is 11.5. The van der Waals surface area contributed by atoms with Gasteiger partial charge in [0.1, 0.15) is 0 Å². The van der Waals surface area contributed by atoms with Crippen molar-refractivity contribution in [1.29, 1.82) is 0 Å². The lowest BCUT2D eigenvalue weighted by Gasteiger charge is -2.35. The zero-order chi connectivity index (χ0) is 16.8. The van der Waals surface area contributed by atoms with Crippen LogP contribution in [0.4, 0.5) is 0 Å². The molecule has 7 heteroatoms. The predicted molar refractivity (Wildman–Crippen MR) is 105 cm³/mol. The van der Waals surface area contributed by atoms with Gasteiger partial charge < -0.3 is 11.1 Å². The second kappa shape index (κ2) is 10.5. The number of nitrogens with two attached hydrogens (primary N) is 1. The highest BCUT2D eigenvalue weighted by Gasteiger charge is 2.25. The standard InChI is InChI=1S/C18H30N4OS.ClH/c19-9-8-17(23)20-11-15-7-3-4-10-22(15)13-16-12-21-18(24-16)14-5-1-2-6-14;/h12,14-15H,1-11,13,19H2,(H,20,23);1H. The van der Waals surface area contributed by atoms with Crippen molar-refractivity contribution in [1.82, 2.24) is 15.2 Å². The number of piperidine rings is 1. The van der Waals surface area contributed by atoms with Gasteiger partial charge in [-0.25, -0.2) is 4.98 Å². The first kappa shape index (κ1) is 20.6. The van der Waals surface area contributed by atoms with Gasteiger partial charge in [0.05, 0.1) is 5.01 Å². The van der Waals surface area contributed by atoms with Gasteiger partial charge >= 0.3 is 0 Å². The Labute approximate surface area is 161 Å². The first-order valence-electron chi connectivity index (χ1n) is 9.41. The van der Waals surface area contributed by atoms with Crippen molar-refractivity contribution in [3.63, 3.8) is 0 Å². The number of rotatable bonds is 7. The number of aromatic nitrogens is 1. The number of nitrogens with zero attached hydrogens (tertiary/aromatic N) is 2. The second-order valence-electron chi connectivity index (χ2n) is 7.11. The Kier molecular flexibility index (Phi) is 8.62. The van der Waals surface area contributed by atoms with Gasteiger partial charge in [-0.05, 0) is 32.2 Å². The molecule has 3 rings (SSSR count). The molecule has 2 heterocycles. The Morgan fingerprint density at radius 3 is 2.80 bits per heavy atom. The lowest BCUT2D eigenvalue weighted by atomic mass is 10.0. The number of hydrogen-bond donors (Lipinski definition) is 2. The van der Waals surface area contributed by atoms with Crippen LogP contribution in [0.5, 0.6) is 0 Å². The third-order valence-corrected chi connectivity index (χ3v) is 6.43. The molecule has 0 spiro atoms. The third kappa shape index (κ3) is 5.91. The maximum Gasteiger partial charge on any atom is 0.221 e. The molecular formula is C18H31ClN4OS. The van der Waals surface area contributed by atoms with E-state index >= 15 is 0 Å². The summed E-state index contributed by atoms with van der Waals surface area (Å²) in [6, 6.07) is 0.442. The molecule has 1 aromatic heterocycles. The lowest BCUT2D eigenvalue weighted by Crippen LogP contribution is -2.46. The molecule has 0 radical (unpaired) electrons. The SMILES string of the molecule is Cl.NCCC(=O)NCC1CCCCN1Cc1cnc(C2CCCC2)s1. The molecule has 1 aliphatic carbocycles. The van der Waals surface area contributed by atoms with Crippen molar-refractivity contribution < 1.29 is 4.79 Å². The smallest absolute Gasteiger partial charge is 0.221 e. The van der Waals surface area contributed by atoms with Crippen LogP contribution in [-0.4, -0.2) is 41.5 Å². The number of likely N-dealkylation sites (tertiary alicyclic amines) is 1. The summed E-state index contributed by atoms with van der Waals surface area (Å²) in [5.41, 5.74) is 5.44. The van der Waals surface area contributed by atoms with Crippen LogP contribution in [0.15, 0.2) is 6.20 Å². The minimum Gasteiger partial charge on any atom is -0.354 e. The first-order chi connectivity index (χ1) is 11.8. The summed E-state index contributed by atoms with van der Waals surface area (Å²) >= 11 is 1.90. The van der Waals surface area contributed by atoms with Gasteiger partial charge in [0.25, 0.3) is 0 Å². The van der Waals surface area contributed by atoms with Crippen molar-refractivity contribution in [2.24, 2.45) is 5.73 Å². The Hall–Kier alpha value is -0.690. The molecule has 2 aliphatic rings. The number of hydrogen-bond acceptors (Lipinski definition) is 5. The fraction of sp³-hybridized carbons (Fsp3) is 0.778. The molecule has 2 fully saturated rings. The van der Waals surface area contributed by atoms with Gasteiger partial charge in [-0.3, -0.25) is 9.69 Å². The van der Waals surface area contributed by atoms with Crippen molar-refractivity contribution in [2.45, 2.75) is 69.9 Å². The number of amides is 1. The maximum atomic E-state index is 11.7. The first-order valence-corrected chi connectivity index (χ1v) is 10.2. The van der Waals surface area contributed by atoms with Crippen molar-refractivity contribution >= 4 is 29.7 Å². The second-order valence-corrected chi connectivity index (χ2v) is 8.26. The Morgan fingerprint density at radius 1 is 1.28 bits per heavy atom. The fourth-order valence-electron chi connectivity index (χ4n) is 3.91. The van der Waals surface area contributed by atoms with Crippen LogP contribution < -0.4 is 11.1 Å². The molecule has 0 bridgehead atoms. The van der Waals surface area contributed by atoms with Crippen LogP contribution in [0.25, 0.3) is 0 Å². The van der Waals surface area contributed by atoms with E-state index in [2.05, 4.69) is 16.4 Å². The summed E-state index contributed by atoms with van der Waals surface area (Å²) < 4.78 is 0. The average Bonchev–Trinajstić information content (AvgIpc) is 3.25. The predicted octanol–water partition coefficient (Wildman–Crippen LogP) is 3.04. The largest absolute Gasteiger partial charge is 0.354 e. The molecule has 1 saturated heterocycles. The lowest BCUT2D eigenvalue weighted by molar-refractivity contribution is -0.121. The molecular weight excluding hydrogens is 356 g/mol. The zero-order valence-corrected chi connectivity index (χ0v) is 16.5. The van der Waals surface area contributed by atoms with Crippen molar-refractivity contribution in [3.8, 4) is 0 Å². The van der Waals surface area contributed by atoms with Crippen LogP contribution >= 0.6 is 23.7 Å². The fourth-order valence-corrected chi connectivity index (χ4v) is 5.02. The van der Waals surface area contributed by atoms with Gasteiger partial charge in [0, 0.05) is 49.1 Å². The molecule has 3 N–H and O–H groups in total. The van der Waals surface area contributed by atoms with E-state index in [9.17, 15) is 4.79 Å². The van der Waals surface area contributed by atoms with E-state index in [0.717, 1.165) is 26.1 Å². The van der Waals surface area contributed by atoms with E-state index in [4.69, 9.17) is 10.7 Å². The Balaban J connectivity index is 0.00000225. The van der Waals surface area contributed by atoms with Gasteiger partial charge in [-0.15, -0.1) is 23.7 Å². The summed E-state index contributed by atoms with van der Waals surface area (Å²) in [5.74, 6) is 0.779. The normalized spacial score (nSPS) is 21.9. The molecule has 0 aromatic carbocycles. The van der Waals surface area contributed by atoms with Gasteiger partial charge in [-0.1, -0.05) is 19.3 Å². The van der Waals surface area contributed by atoms with E-state index in [-0.39, 0.29) is 18.3 Å². The number of nitrogens with one attached hydrogen (secondary N) is 1. The van der Waals surface area contributed by atoms with Crippen LogP contribution in [0.2, 0.25) is 0 Å². The minimum absolute atomic E-state index is 0. The summed E-state index contributed by atoms with van der Waals surface area (Å²) in [7, 11) is 0.